The molecule has 3 heterocycles. The maximum absolute atomic E-state index is 11.7. The van der Waals surface area contributed by atoms with Crippen LogP contribution >= 0.6 is 11.5 Å². The number of aromatic nitrogens is 3. The Hall–Kier alpha value is -1.53. The highest BCUT2D eigenvalue weighted by Gasteiger charge is 2.25. The molecular weight excluding hydrogens is 260 g/mol. The van der Waals surface area contributed by atoms with Crippen molar-refractivity contribution in [3.63, 3.8) is 0 Å². The number of likely N-dealkylation sites (tertiary alicyclic amines) is 1. The maximum Gasteiger partial charge on any atom is 0.266 e. The molecule has 0 spiro atoms. The van der Waals surface area contributed by atoms with Gasteiger partial charge in [0.25, 0.3) is 5.56 Å². The van der Waals surface area contributed by atoms with E-state index in [1.807, 2.05) is 6.20 Å². The molecule has 0 N–H and O–H groups in total. The lowest BCUT2D eigenvalue weighted by Crippen LogP contribution is -2.36. The molecule has 0 saturated carbocycles. The van der Waals surface area contributed by atoms with E-state index in [-0.39, 0.29) is 5.56 Å². The van der Waals surface area contributed by atoms with Gasteiger partial charge in [-0.25, -0.2) is 9.06 Å². The largest absolute Gasteiger partial charge is 0.294 e. The summed E-state index contributed by atoms with van der Waals surface area (Å²) in [6.45, 7) is 2.68. The van der Waals surface area contributed by atoms with E-state index in [4.69, 9.17) is 0 Å². The molecule has 19 heavy (non-hydrogen) atoms. The van der Waals surface area contributed by atoms with Crippen LogP contribution in [-0.2, 0) is 13.1 Å². The van der Waals surface area contributed by atoms with Gasteiger partial charge >= 0.3 is 0 Å². The molecule has 0 amide bonds. The Morgan fingerprint density at radius 3 is 3.21 bits per heavy atom. The Kier molecular flexibility index (Phi) is 3.70. The fraction of sp³-hybridized carbons (Fsp3) is 0.462. The van der Waals surface area contributed by atoms with Gasteiger partial charge in [0.1, 0.15) is 0 Å². The lowest BCUT2D eigenvalue weighted by molar-refractivity contribution is 0.217. The first kappa shape index (κ1) is 12.5. The summed E-state index contributed by atoms with van der Waals surface area (Å²) in [5, 5.41) is 6.23. The maximum atomic E-state index is 11.7. The van der Waals surface area contributed by atoms with Gasteiger partial charge in [0, 0.05) is 36.4 Å². The second kappa shape index (κ2) is 5.63. The first-order valence-electron chi connectivity index (χ1n) is 6.47. The molecule has 1 atom stereocenters. The zero-order valence-corrected chi connectivity index (χ0v) is 11.4. The molecular formula is C13H16N4OS. The Balaban J connectivity index is 1.70. The van der Waals surface area contributed by atoms with E-state index >= 15 is 0 Å². The van der Waals surface area contributed by atoms with Crippen molar-refractivity contribution >= 4 is 11.5 Å². The highest BCUT2D eigenvalue weighted by molar-refractivity contribution is 7.03. The molecule has 0 radical (unpaired) electrons. The van der Waals surface area contributed by atoms with Gasteiger partial charge in [-0.15, -0.1) is 0 Å². The second-order valence-electron chi connectivity index (χ2n) is 4.84. The highest BCUT2D eigenvalue weighted by atomic mass is 32.1. The molecule has 1 saturated heterocycles. The van der Waals surface area contributed by atoms with E-state index in [0.717, 1.165) is 19.5 Å². The predicted molar refractivity (Wildman–Crippen MR) is 74.0 cm³/mol. The molecule has 0 aliphatic carbocycles. The van der Waals surface area contributed by atoms with Crippen molar-refractivity contribution in [2.75, 3.05) is 6.54 Å². The van der Waals surface area contributed by atoms with E-state index in [0.29, 0.717) is 12.6 Å². The summed E-state index contributed by atoms with van der Waals surface area (Å²) in [5.41, 5.74) is 1.23. The summed E-state index contributed by atoms with van der Waals surface area (Å²) < 4.78 is 5.70. The normalized spacial score (nSPS) is 19.9. The molecule has 100 valence electrons. The minimum atomic E-state index is -0.0217. The summed E-state index contributed by atoms with van der Waals surface area (Å²) in [4.78, 5) is 14.1. The number of hydrogen-bond donors (Lipinski definition) is 0. The van der Waals surface area contributed by atoms with Crippen LogP contribution in [0.3, 0.4) is 0 Å². The van der Waals surface area contributed by atoms with Crippen LogP contribution in [0.5, 0.6) is 0 Å². The lowest BCUT2D eigenvalue weighted by atomic mass is 10.2. The summed E-state index contributed by atoms with van der Waals surface area (Å²) >= 11 is 1.49. The van der Waals surface area contributed by atoms with Crippen LogP contribution in [0.1, 0.15) is 18.4 Å². The minimum Gasteiger partial charge on any atom is -0.294 e. The third-order valence-electron chi connectivity index (χ3n) is 3.54. The average Bonchev–Trinajstić information content (AvgIpc) is 3.06. The van der Waals surface area contributed by atoms with Crippen molar-refractivity contribution in [2.24, 2.45) is 0 Å². The van der Waals surface area contributed by atoms with Gasteiger partial charge in [-0.05, 0) is 42.5 Å². The molecule has 2 aromatic heterocycles. The van der Waals surface area contributed by atoms with Gasteiger partial charge in [0.15, 0.2) is 0 Å². The van der Waals surface area contributed by atoms with Crippen LogP contribution in [0.4, 0.5) is 0 Å². The fourth-order valence-corrected chi connectivity index (χ4v) is 3.10. The van der Waals surface area contributed by atoms with Gasteiger partial charge in [-0.2, -0.15) is 5.10 Å². The van der Waals surface area contributed by atoms with Crippen molar-refractivity contribution in [1.29, 1.82) is 0 Å². The van der Waals surface area contributed by atoms with Gasteiger partial charge in [-0.3, -0.25) is 9.69 Å². The smallest absolute Gasteiger partial charge is 0.266 e. The Bertz CT molecular complexity index is 580. The number of rotatable bonds is 4. The summed E-state index contributed by atoms with van der Waals surface area (Å²) in [6, 6.07) is 3.64. The van der Waals surface area contributed by atoms with Gasteiger partial charge in [0.2, 0.25) is 0 Å². The van der Waals surface area contributed by atoms with Crippen LogP contribution in [0, 0.1) is 0 Å². The van der Waals surface area contributed by atoms with E-state index in [9.17, 15) is 4.79 Å². The van der Waals surface area contributed by atoms with E-state index in [2.05, 4.69) is 19.8 Å². The average molecular weight is 276 g/mol. The molecule has 3 rings (SSSR count). The topological polar surface area (TPSA) is 51.0 Å². The first-order chi connectivity index (χ1) is 9.33. The van der Waals surface area contributed by atoms with E-state index in [1.165, 1.54) is 23.5 Å². The van der Waals surface area contributed by atoms with Crippen molar-refractivity contribution in [1.82, 2.24) is 19.1 Å². The minimum absolute atomic E-state index is 0.0217. The molecule has 6 heteroatoms. The Morgan fingerprint density at radius 1 is 1.47 bits per heavy atom. The van der Waals surface area contributed by atoms with Crippen molar-refractivity contribution in [2.45, 2.75) is 32.0 Å². The SMILES string of the molecule is O=c1cccnn1CC1CCCN1Cc1cnsc1. The molecule has 0 bridgehead atoms. The molecule has 1 unspecified atom stereocenters. The summed E-state index contributed by atoms with van der Waals surface area (Å²) in [5.74, 6) is 0. The summed E-state index contributed by atoms with van der Waals surface area (Å²) in [6.07, 6.45) is 5.90. The van der Waals surface area contributed by atoms with Gasteiger partial charge < -0.3 is 0 Å². The monoisotopic (exact) mass is 276 g/mol. The van der Waals surface area contributed by atoms with Crippen LogP contribution in [0.25, 0.3) is 0 Å². The van der Waals surface area contributed by atoms with Crippen LogP contribution in [0.2, 0.25) is 0 Å². The quantitative estimate of drug-likeness (QED) is 0.846. The molecule has 1 fully saturated rings. The predicted octanol–water partition coefficient (Wildman–Crippen LogP) is 1.36. The fourth-order valence-electron chi connectivity index (χ4n) is 2.57. The number of nitrogens with zero attached hydrogens (tertiary/aromatic N) is 4. The standard InChI is InChI=1S/C13H16N4OS/c18-13-4-1-5-14-17(13)9-12-3-2-6-16(12)8-11-7-15-19-10-11/h1,4-5,7,10,12H,2-3,6,8-9H2. The second-order valence-corrected chi connectivity index (χ2v) is 5.50. The lowest BCUT2D eigenvalue weighted by Gasteiger charge is -2.23. The zero-order valence-electron chi connectivity index (χ0n) is 10.6. The van der Waals surface area contributed by atoms with Crippen molar-refractivity contribution in [3.8, 4) is 0 Å². The zero-order chi connectivity index (χ0) is 13.1. The Labute approximate surface area is 115 Å². The van der Waals surface area contributed by atoms with Gasteiger partial charge in [-0.1, -0.05) is 0 Å². The third-order valence-corrected chi connectivity index (χ3v) is 4.17. The van der Waals surface area contributed by atoms with Crippen LogP contribution < -0.4 is 5.56 Å². The van der Waals surface area contributed by atoms with Crippen molar-refractivity contribution in [3.05, 3.63) is 45.8 Å². The van der Waals surface area contributed by atoms with Crippen molar-refractivity contribution < 1.29 is 0 Å². The molecule has 1 aliphatic heterocycles. The molecule has 1 aliphatic rings. The first-order valence-corrected chi connectivity index (χ1v) is 7.31. The third kappa shape index (κ3) is 2.90. The molecule has 0 aromatic carbocycles. The Morgan fingerprint density at radius 2 is 2.42 bits per heavy atom. The van der Waals surface area contributed by atoms with E-state index in [1.54, 1.807) is 23.0 Å². The molecule has 2 aromatic rings. The van der Waals surface area contributed by atoms with E-state index < -0.39 is 0 Å². The molecule has 5 nitrogen and oxygen atoms in total. The van der Waals surface area contributed by atoms with Gasteiger partial charge in [0.05, 0.1) is 6.54 Å². The highest BCUT2D eigenvalue weighted by Crippen LogP contribution is 2.21. The number of hydrogen-bond acceptors (Lipinski definition) is 5. The summed E-state index contributed by atoms with van der Waals surface area (Å²) in [7, 11) is 0. The van der Waals surface area contributed by atoms with Crippen LogP contribution in [0.15, 0.2) is 34.7 Å². The van der Waals surface area contributed by atoms with Crippen LogP contribution in [-0.4, -0.2) is 31.6 Å².